The molecule has 0 radical (unpaired) electrons. The van der Waals surface area contributed by atoms with Crippen LogP contribution < -0.4 is 0 Å². The molecule has 0 N–H and O–H groups in total. The fourth-order valence-electron chi connectivity index (χ4n) is 2.30. The highest BCUT2D eigenvalue weighted by Crippen LogP contribution is 2.16. The van der Waals surface area contributed by atoms with Crippen LogP contribution in [0.15, 0.2) is 6.07 Å². The molecule has 0 unspecified atom stereocenters. The Bertz CT molecular complexity index is 651. The summed E-state index contributed by atoms with van der Waals surface area (Å²) in [4.78, 5) is 13.7. The molecule has 7 nitrogen and oxygen atoms in total. The Morgan fingerprint density at radius 2 is 1.91 bits per heavy atom. The number of carbonyl (C=O) groups excluding carboxylic acids is 1. The Morgan fingerprint density at radius 3 is 2.36 bits per heavy atom. The zero-order valence-electron chi connectivity index (χ0n) is 12.4. The summed E-state index contributed by atoms with van der Waals surface area (Å²) in [6.07, 6.45) is 0. The molecule has 0 aromatic carbocycles. The van der Waals surface area contributed by atoms with E-state index < -0.39 is 22.5 Å². The summed E-state index contributed by atoms with van der Waals surface area (Å²) in [6, 6.07) is 1.31. The number of amides is 1. The van der Waals surface area contributed by atoms with Crippen LogP contribution in [-0.4, -0.2) is 65.2 Å². The third-order valence-corrected chi connectivity index (χ3v) is 5.49. The average Bonchev–Trinajstić information content (AvgIpc) is 2.89. The molecule has 1 aromatic heterocycles. The number of aryl methyl sites for hydroxylation is 1. The van der Waals surface area contributed by atoms with Crippen molar-refractivity contribution in [1.29, 1.82) is 0 Å². The lowest BCUT2D eigenvalue weighted by molar-refractivity contribution is 0.0527. The van der Waals surface area contributed by atoms with Gasteiger partial charge in [-0.3, -0.25) is 4.79 Å². The van der Waals surface area contributed by atoms with Crippen molar-refractivity contribution in [3.05, 3.63) is 17.5 Å². The van der Waals surface area contributed by atoms with Crippen LogP contribution in [0.25, 0.3) is 0 Å². The first-order chi connectivity index (χ1) is 10.3. The molecule has 124 valence electrons. The predicted molar refractivity (Wildman–Crippen MR) is 75.2 cm³/mol. The number of nitrogens with zero attached hydrogens (tertiary/aromatic N) is 4. The van der Waals surface area contributed by atoms with Crippen LogP contribution in [0, 0.1) is 6.92 Å². The van der Waals surface area contributed by atoms with Gasteiger partial charge in [0, 0.05) is 31.9 Å². The number of piperazine rings is 1. The smallest absolute Gasteiger partial charge is 0.333 e. The number of aromatic nitrogens is 2. The van der Waals surface area contributed by atoms with Crippen molar-refractivity contribution in [1.82, 2.24) is 19.0 Å². The monoisotopic (exact) mass is 336 g/mol. The molecular formula is C12H18F2N4O3S. The second kappa shape index (κ2) is 6.29. The average molecular weight is 336 g/mol. The summed E-state index contributed by atoms with van der Waals surface area (Å²) >= 11 is 0. The van der Waals surface area contributed by atoms with E-state index in [0.717, 1.165) is 0 Å². The first-order valence-electron chi connectivity index (χ1n) is 6.87. The number of hydrogen-bond donors (Lipinski definition) is 0. The second-order valence-electron chi connectivity index (χ2n) is 4.98. The Kier molecular flexibility index (Phi) is 4.81. The van der Waals surface area contributed by atoms with Gasteiger partial charge in [0.15, 0.2) is 5.69 Å². The number of rotatable bonds is 4. The van der Waals surface area contributed by atoms with Gasteiger partial charge in [-0.15, -0.1) is 0 Å². The molecule has 0 saturated carbocycles. The maximum absolute atomic E-state index is 12.7. The molecule has 1 aliphatic rings. The van der Waals surface area contributed by atoms with Crippen molar-refractivity contribution >= 4 is 15.9 Å². The van der Waals surface area contributed by atoms with E-state index in [1.807, 2.05) is 0 Å². The van der Waals surface area contributed by atoms with Crippen LogP contribution in [0.4, 0.5) is 8.78 Å². The molecule has 1 saturated heterocycles. The van der Waals surface area contributed by atoms with E-state index >= 15 is 0 Å². The molecule has 0 aliphatic carbocycles. The summed E-state index contributed by atoms with van der Waals surface area (Å²) in [5.41, 5.74) is 0.148. The van der Waals surface area contributed by atoms with E-state index in [0.29, 0.717) is 4.68 Å². The Balaban J connectivity index is 2.05. The zero-order chi connectivity index (χ0) is 16.5. The predicted octanol–water partition coefficient (Wildman–Crippen LogP) is 0.694. The third-order valence-electron chi connectivity index (χ3n) is 3.61. The SMILES string of the molecule is CCS(=O)(=O)N1CCN(C(=O)c2cc(C)n(C(F)F)n2)CC1. The summed E-state index contributed by atoms with van der Waals surface area (Å²) in [5.74, 6) is -0.449. The van der Waals surface area contributed by atoms with Crippen LogP contribution in [0.1, 0.15) is 29.7 Å². The van der Waals surface area contributed by atoms with Gasteiger partial charge in [0.2, 0.25) is 10.0 Å². The van der Waals surface area contributed by atoms with E-state index in [4.69, 9.17) is 0 Å². The lowest BCUT2D eigenvalue weighted by Crippen LogP contribution is -2.50. The van der Waals surface area contributed by atoms with Gasteiger partial charge in [-0.05, 0) is 19.9 Å². The summed E-state index contributed by atoms with van der Waals surface area (Å²) in [7, 11) is -3.27. The van der Waals surface area contributed by atoms with Gasteiger partial charge in [-0.1, -0.05) is 0 Å². The number of halogens is 2. The van der Waals surface area contributed by atoms with Gasteiger partial charge < -0.3 is 4.90 Å². The van der Waals surface area contributed by atoms with Crippen molar-refractivity contribution in [3.63, 3.8) is 0 Å². The van der Waals surface area contributed by atoms with Gasteiger partial charge in [0.05, 0.1) is 5.75 Å². The van der Waals surface area contributed by atoms with Crippen LogP contribution in [0.2, 0.25) is 0 Å². The van der Waals surface area contributed by atoms with E-state index in [-0.39, 0.29) is 43.3 Å². The highest BCUT2D eigenvalue weighted by atomic mass is 32.2. The van der Waals surface area contributed by atoms with Crippen LogP contribution in [-0.2, 0) is 10.0 Å². The molecule has 0 spiro atoms. The molecule has 1 amide bonds. The topological polar surface area (TPSA) is 75.5 Å². The minimum absolute atomic E-state index is 0.0128. The molecule has 22 heavy (non-hydrogen) atoms. The van der Waals surface area contributed by atoms with Gasteiger partial charge in [-0.2, -0.15) is 18.2 Å². The molecule has 0 atom stereocenters. The van der Waals surface area contributed by atoms with Crippen molar-refractivity contribution in [3.8, 4) is 0 Å². The van der Waals surface area contributed by atoms with Crippen LogP contribution in [0.3, 0.4) is 0 Å². The first-order valence-corrected chi connectivity index (χ1v) is 8.48. The van der Waals surface area contributed by atoms with Crippen molar-refractivity contribution in [2.75, 3.05) is 31.9 Å². The van der Waals surface area contributed by atoms with Gasteiger partial charge >= 0.3 is 6.55 Å². The van der Waals surface area contributed by atoms with E-state index in [2.05, 4.69) is 5.10 Å². The molecule has 2 rings (SSSR count). The number of carbonyl (C=O) groups is 1. The first kappa shape index (κ1) is 16.8. The lowest BCUT2D eigenvalue weighted by atomic mass is 10.3. The maximum Gasteiger partial charge on any atom is 0.333 e. The minimum atomic E-state index is -3.27. The third kappa shape index (κ3) is 3.27. The molecular weight excluding hydrogens is 318 g/mol. The number of hydrogen-bond acceptors (Lipinski definition) is 4. The van der Waals surface area contributed by atoms with Gasteiger partial charge in [-0.25, -0.2) is 13.1 Å². The molecule has 2 heterocycles. The van der Waals surface area contributed by atoms with E-state index in [1.54, 1.807) is 6.92 Å². The van der Waals surface area contributed by atoms with Crippen molar-refractivity contribution in [2.24, 2.45) is 0 Å². The van der Waals surface area contributed by atoms with Crippen molar-refractivity contribution in [2.45, 2.75) is 20.4 Å². The summed E-state index contributed by atoms with van der Waals surface area (Å²) < 4.78 is 50.7. The quantitative estimate of drug-likeness (QED) is 0.811. The molecule has 1 aliphatic heterocycles. The van der Waals surface area contributed by atoms with E-state index in [9.17, 15) is 22.0 Å². The Labute approximate surface area is 127 Å². The lowest BCUT2D eigenvalue weighted by Gasteiger charge is -2.33. The molecule has 0 bridgehead atoms. The minimum Gasteiger partial charge on any atom is -0.335 e. The summed E-state index contributed by atoms with van der Waals surface area (Å²) in [5, 5.41) is 3.61. The van der Waals surface area contributed by atoms with Crippen molar-refractivity contribution < 1.29 is 22.0 Å². The standard InChI is InChI=1S/C12H18F2N4O3S/c1-3-22(20,21)17-6-4-16(5-7-17)11(19)10-8-9(2)18(15-10)12(13)14/h8,12H,3-7H2,1-2H3. The van der Waals surface area contributed by atoms with Crippen LogP contribution >= 0.6 is 0 Å². The second-order valence-corrected chi connectivity index (χ2v) is 7.24. The molecule has 1 fully saturated rings. The normalized spacial score (nSPS) is 17.2. The largest absolute Gasteiger partial charge is 0.335 e. The zero-order valence-corrected chi connectivity index (χ0v) is 13.2. The van der Waals surface area contributed by atoms with E-state index in [1.165, 1.54) is 22.2 Å². The highest BCUT2D eigenvalue weighted by Gasteiger charge is 2.29. The molecule has 10 heteroatoms. The maximum atomic E-state index is 12.7. The number of sulfonamides is 1. The van der Waals surface area contributed by atoms with Crippen LogP contribution in [0.5, 0.6) is 0 Å². The van der Waals surface area contributed by atoms with Gasteiger partial charge in [0.1, 0.15) is 0 Å². The Morgan fingerprint density at radius 1 is 1.32 bits per heavy atom. The fraction of sp³-hybridized carbons (Fsp3) is 0.667. The number of alkyl halides is 2. The summed E-state index contributed by atoms with van der Waals surface area (Å²) in [6.45, 7) is 1.06. The van der Waals surface area contributed by atoms with Gasteiger partial charge in [0.25, 0.3) is 5.91 Å². The molecule has 1 aromatic rings. The Hall–Kier alpha value is -1.55. The fourth-order valence-corrected chi connectivity index (χ4v) is 3.39. The highest BCUT2D eigenvalue weighted by molar-refractivity contribution is 7.89.